The van der Waals surface area contributed by atoms with Crippen molar-refractivity contribution in [3.05, 3.63) is 29.8 Å². The Hall–Kier alpha value is -1.59. The van der Waals surface area contributed by atoms with Crippen molar-refractivity contribution in [2.45, 2.75) is 20.0 Å². The maximum atomic E-state index is 12.5. The molecule has 174 valence electrons. The molecule has 2 aliphatic rings. The number of hydrogen-bond acceptors (Lipinski definition) is 5. The topological polar surface area (TPSA) is 69.6 Å². The van der Waals surface area contributed by atoms with E-state index in [9.17, 15) is 4.79 Å². The van der Waals surface area contributed by atoms with Crippen molar-refractivity contribution in [3.63, 3.8) is 0 Å². The molecule has 31 heavy (non-hydrogen) atoms. The van der Waals surface area contributed by atoms with Gasteiger partial charge in [0, 0.05) is 46.3 Å². The van der Waals surface area contributed by atoms with E-state index in [1.165, 1.54) is 0 Å². The Labute approximate surface area is 203 Å². The highest BCUT2D eigenvalue weighted by Crippen LogP contribution is 2.17. The molecule has 0 bridgehead atoms. The number of rotatable bonds is 6. The molecule has 8 nitrogen and oxygen atoms in total. The Morgan fingerprint density at radius 3 is 2.45 bits per heavy atom. The Morgan fingerprint density at radius 2 is 1.81 bits per heavy atom. The van der Waals surface area contributed by atoms with E-state index in [1.54, 1.807) is 0 Å². The summed E-state index contributed by atoms with van der Waals surface area (Å²) in [6.45, 7) is 11.4. The number of morpholine rings is 1. The monoisotopic (exact) mass is 545 g/mol. The van der Waals surface area contributed by atoms with Gasteiger partial charge in [-0.15, -0.1) is 24.0 Å². The van der Waals surface area contributed by atoms with E-state index in [0.717, 1.165) is 43.5 Å². The highest BCUT2D eigenvalue weighted by atomic mass is 127. The number of carbonyl (C=O) groups excluding carboxylic acids is 1. The largest absolute Gasteiger partial charge is 0.489 e. The molecule has 0 radical (unpaired) electrons. The van der Waals surface area contributed by atoms with Crippen molar-refractivity contribution >= 4 is 35.8 Å². The SMILES string of the molecule is CN=C(NCC(C)Oc1ccccc1C)N1CCN(CC(=O)N2CCOCC2)CC1.I. The summed E-state index contributed by atoms with van der Waals surface area (Å²) in [4.78, 5) is 23.3. The van der Waals surface area contributed by atoms with Crippen molar-refractivity contribution < 1.29 is 14.3 Å². The van der Waals surface area contributed by atoms with E-state index in [0.29, 0.717) is 39.4 Å². The maximum absolute atomic E-state index is 12.5. The van der Waals surface area contributed by atoms with Crippen LogP contribution in [0.5, 0.6) is 5.75 Å². The van der Waals surface area contributed by atoms with Gasteiger partial charge in [0.25, 0.3) is 0 Å². The fourth-order valence-electron chi connectivity index (χ4n) is 3.74. The molecule has 2 heterocycles. The Kier molecular flexibility index (Phi) is 10.8. The smallest absolute Gasteiger partial charge is 0.236 e. The normalized spacial score (nSPS) is 18.9. The first-order chi connectivity index (χ1) is 14.6. The minimum atomic E-state index is 0. The van der Waals surface area contributed by atoms with Gasteiger partial charge in [-0.2, -0.15) is 0 Å². The standard InChI is InChI=1S/C22H35N5O3.HI/c1-18-6-4-5-7-20(18)30-19(2)16-24-22(23-3)27-10-8-25(9-11-27)17-21(28)26-12-14-29-15-13-26;/h4-7,19H,8-17H2,1-3H3,(H,23,24);1H. The van der Waals surface area contributed by atoms with Crippen molar-refractivity contribution in [2.75, 3.05) is 72.6 Å². The van der Waals surface area contributed by atoms with Crippen molar-refractivity contribution in [1.82, 2.24) is 20.0 Å². The fourth-order valence-corrected chi connectivity index (χ4v) is 3.74. The second-order valence-electron chi connectivity index (χ2n) is 7.88. The second-order valence-corrected chi connectivity index (χ2v) is 7.88. The van der Waals surface area contributed by atoms with E-state index in [-0.39, 0.29) is 36.0 Å². The summed E-state index contributed by atoms with van der Waals surface area (Å²) in [7, 11) is 1.81. The zero-order valence-electron chi connectivity index (χ0n) is 18.9. The molecular weight excluding hydrogens is 509 g/mol. The third-order valence-electron chi connectivity index (χ3n) is 5.58. The van der Waals surface area contributed by atoms with Crippen molar-refractivity contribution in [2.24, 2.45) is 4.99 Å². The van der Waals surface area contributed by atoms with E-state index >= 15 is 0 Å². The number of carbonyl (C=O) groups is 1. The number of para-hydroxylation sites is 1. The zero-order valence-corrected chi connectivity index (χ0v) is 21.2. The number of ether oxygens (including phenoxy) is 2. The van der Waals surface area contributed by atoms with Gasteiger partial charge in [0.1, 0.15) is 11.9 Å². The number of nitrogens with one attached hydrogen (secondary N) is 1. The van der Waals surface area contributed by atoms with Crippen LogP contribution < -0.4 is 10.1 Å². The Morgan fingerprint density at radius 1 is 1.13 bits per heavy atom. The van der Waals surface area contributed by atoms with Gasteiger partial charge in [0.15, 0.2) is 5.96 Å². The third kappa shape index (κ3) is 7.80. The van der Waals surface area contributed by atoms with Gasteiger partial charge >= 0.3 is 0 Å². The Bertz CT molecular complexity index is 719. The van der Waals surface area contributed by atoms with Gasteiger partial charge in [0.2, 0.25) is 5.91 Å². The predicted octanol–water partition coefficient (Wildman–Crippen LogP) is 1.43. The number of amides is 1. The summed E-state index contributed by atoms with van der Waals surface area (Å²) in [5.41, 5.74) is 1.14. The Balaban J connectivity index is 0.00000341. The molecule has 2 aliphatic heterocycles. The van der Waals surface area contributed by atoms with Crippen molar-refractivity contribution in [1.29, 1.82) is 0 Å². The van der Waals surface area contributed by atoms with E-state index in [1.807, 2.05) is 30.1 Å². The van der Waals surface area contributed by atoms with Crippen LogP contribution in [0.1, 0.15) is 12.5 Å². The average molecular weight is 545 g/mol. The highest BCUT2D eigenvalue weighted by molar-refractivity contribution is 14.0. The summed E-state index contributed by atoms with van der Waals surface area (Å²) in [6.07, 6.45) is 0.0234. The van der Waals surface area contributed by atoms with Crippen LogP contribution in [0.4, 0.5) is 0 Å². The van der Waals surface area contributed by atoms with Crippen LogP contribution in [-0.2, 0) is 9.53 Å². The summed E-state index contributed by atoms with van der Waals surface area (Å²) < 4.78 is 11.4. The molecule has 0 saturated carbocycles. The first kappa shape index (κ1) is 25.7. The number of nitrogens with zero attached hydrogens (tertiary/aromatic N) is 4. The molecule has 3 rings (SSSR count). The number of halogens is 1. The maximum Gasteiger partial charge on any atom is 0.236 e. The molecule has 0 aliphatic carbocycles. The van der Waals surface area contributed by atoms with Gasteiger partial charge in [-0.05, 0) is 25.5 Å². The molecule has 1 N–H and O–H groups in total. The lowest BCUT2D eigenvalue weighted by molar-refractivity contribution is -0.136. The molecule has 1 atom stereocenters. The quantitative estimate of drug-likeness (QED) is 0.332. The highest BCUT2D eigenvalue weighted by Gasteiger charge is 2.24. The van der Waals surface area contributed by atoms with Gasteiger partial charge in [-0.1, -0.05) is 18.2 Å². The minimum Gasteiger partial charge on any atom is -0.489 e. The number of benzene rings is 1. The molecular formula is C22H36IN5O3. The first-order valence-electron chi connectivity index (χ1n) is 10.8. The third-order valence-corrected chi connectivity index (χ3v) is 5.58. The number of piperazine rings is 1. The molecule has 1 unspecified atom stereocenters. The molecule has 1 aromatic rings. The average Bonchev–Trinajstić information content (AvgIpc) is 2.77. The lowest BCUT2D eigenvalue weighted by Gasteiger charge is -2.37. The van der Waals surface area contributed by atoms with Gasteiger partial charge in [0.05, 0.1) is 26.3 Å². The lowest BCUT2D eigenvalue weighted by Crippen LogP contribution is -2.55. The molecule has 0 aromatic heterocycles. The number of hydrogen-bond donors (Lipinski definition) is 1. The number of aliphatic imine (C=N–C) groups is 1. The summed E-state index contributed by atoms with van der Waals surface area (Å²) in [5, 5.41) is 3.43. The van der Waals surface area contributed by atoms with Crippen LogP contribution >= 0.6 is 24.0 Å². The summed E-state index contributed by atoms with van der Waals surface area (Å²) >= 11 is 0. The number of guanidine groups is 1. The van der Waals surface area contributed by atoms with Gasteiger partial charge in [-0.3, -0.25) is 14.7 Å². The fraction of sp³-hybridized carbons (Fsp3) is 0.636. The molecule has 9 heteroatoms. The number of aryl methyl sites for hydroxylation is 1. The van der Waals surface area contributed by atoms with Gasteiger partial charge in [-0.25, -0.2) is 0 Å². The predicted molar refractivity (Wildman–Crippen MR) is 133 cm³/mol. The summed E-state index contributed by atoms with van der Waals surface area (Å²) in [5.74, 6) is 2.01. The summed E-state index contributed by atoms with van der Waals surface area (Å²) in [6, 6.07) is 8.06. The van der Waals surface area contributed by atoms with Crippen LogP contribution in [0.15, 0.2) is 29.3 Å². The zero-order chi connectivity index (χ0) is 21.3. The molecule has 1 aromatic carbocycles. The van der Waals surface area contributed by atoms with Crippen LogP contribution in [0, 0.1) is 6.92 Å². The molecule has 1 amide bonds. The molecule has 2 fully saturated rings. The molecule has 2 saturated heterocycles. The van der Waals surface area contributed by atoms with E-state index in [4.69, 9.17) is 9.47 Å². The van der Waals surface area contributed by atoms with Crippen LogP contribution in [0.3, 0.4) is 0 Å². The van der Waals surface area contributed by atoms with E-state index < -0.39 is 0 Å². The molecule has 0 spiro atoms. The van der Waals surface area contributed by atoms with E-state index in [2.05, 4.69) is 40.0 Å². The first-order valence-corrected chi connectivity index (χ1v) is 10.8. The minimum absolute atomic E-state index is 0. The second kappa shape index (κ2) is 13.1. The van der Waals surface area contributed by atoms with Crippen LogP contribution in [-0.4, -0.2) is 105 Å². The lowest BCUT2D eigenvalue weighted by atomic mass is 10.2. The van der Waals surface area contributed by atoms with Crippen molar-refractivity contribution in [3.8, 4) is 5.75 Å². The van der Waals surface area contributed by atoms with Crippen LogP contribution in [0.25, 0.3) is 0 Å². The van der Waals surface area contributed by atoms with Gasteiger partial charge < -0.3 is 24.6 Å². The van der Waals surface area contributed by atoms with Crippen LogP contribution in [0.2, 0.25) is 0 Å².